The van der Waals surface area contributed by atoms with E-state index in [0.29, 0.717) is 0 Å². The lowest BCUT2D eigenvalue weighted by Crippen LogP contribution is -2.50. The number of esters is 1. The van der Waals surface area contributed by atoms with Gasteiger partial charge in [-0.1, -0.05) is 26.0 Å². The minimum atomic E-state index is -1.03. The minimum Gasteiger partial charge on any atom is -0.462 e. The number of ether oxygens (including phenoxy) is 1. The number of nitrogens with one attached hydrogen (secondary N) is 1. The van der Waals surface area contributed by atoms with Crippen molar-refractivity contribution in [2.45, 2.75) is 26.8 Å². The van der Waals surface area contributed by atoms with Crippen LogP contribution in [0, 0.1) is 5.92 Å². The smallest absolute Gasteiger partial charge is 0.338 e. The van der Waals surface area contributed by atoms with Crippen LogP contribution in [0.2, 0.25) is 0 Å². The lowest BCUT2D eigenvalue weighted by molar-refractivity contribution is -0.121. The summed E-state index contributed by atoms with van der Waals surface area (Å²) < 4.78 is 4.94. The number of rotatable bonds is 6. The monoisotopic (exact) mass is 395 g/mol. The van der Waals surface area contributed by atoms with Gasteiger partial charge in [0.1, 0.15) is 11.9 Å². The van der Waals surface area contributed by atoms with Gasteiger partial charge in [-0.05, 0) is 37.1 Å². The number of carbonyl (C=O) groups is 4. The molecule has 0 spiro atoms. The van der Waals surface area contributed by atoms with Crippen LogP contribution in [0.5, 0.6) is 0 Å². The molecule has 2 heterocycles. The van der Waals surface area contributed by atoms with Crippen molar-refractivity contribution in [1.29, 1.82) is 0 Å². The minimum absolute atomic E-state index is 0.128. The van der Waals surface area contributed by atoms with E-state index in [1.165, 1.54) is 18.3 Å². The number of aromatic nitrogens is 1. The molecular formula is C21H21N3O5. The second-order valence-corrected chi connectivity index (χ2v) is 6.85. The molecule has 0 bridgehead atoms. The van der Waals surface area contributed by atoms with Crippen molar-refractivity contribution in [3.63, 3.8) is 0 Å². The molecule has 150 valence electrons. The van der Waals surface area contributed by atoms with Gasteiger partial charge in [-0.15, -0.1) is 0 Å². The number of carbonyl (C=O) groups excluding carboxylic acids is 4. The first kappa shape index (κ1) is 20.2. The maximum atomic E-state index is 13.0. The zero-order chi connectivity index (χ0) is 21.1. The Labute approximate surface area is 167 Å². The van der Waals surface area contributed by atoms with Crippen LogP contribution in [0.3, 0.4) is 0 Å². The van der Waals surface area contributed by atoms with Gasteiger partial charge >= 0.3 is 5.97 Å². The lowest BCUT2D eigenvalue weighted by atomic mass is 10.0. The van der Waals surface area contributed by atoms with Crippen molar-refractivity contribution in [3.8, 4) is 0 Å². The van der Waals surface area contributed by atoms with E-state index in [-0.39, 0.29) is 35.0 Å². The predicted octanol–water partition coefficient (Wildman–Crippen LogP) is 2.52. The Kier molecular flexibility index (Phi) is 5.72. The van der Waals surface area contributed by atoms with Gasteiger partial charge in [0.2, 0.25) is 5.91 Å². The second kappa shape index (κ2) is 8.22. The average molecular weight is 395 g/mol. The number of hydrogen-bond acceptors (Lipinski definition) is 6. The van der Waals surface area contributed by atoms with Gasteiger partial charge in [0.25, 0.3) is 11.8 Å². The van der Waals surface area contributed by atoms with E-state index in [4.69, 9.17) is 4.74 Å². The SMILES string of the molecule is CCOC(=O)c1ccnc(NC(=O)C(C(C)C)N2C(=O)c3ccccc3C2=O)c1. The first-order valence-corrected chi connectivity index (χ1v) is 9.26. The van der Waals surface area contributed by atoms with Crippen LogP contribution in [-0.4, -0.2) is 46.2 Å². The first-order valence-electron chi connectivity index (χ1n) is 9.26. The van der Waals surface area contributed by atoms with Crippen LogP contribution in [0.1, 0.15) is 51.8 Å². The van der Waals surface area contributed by atoms with E-state index in [2.05, 4.69) is 10.3 Å². The third kappa shape index (κ3) is 3.87. The van der Waals surface area contributed by atoms with Crippen molar-refractivity contribution in [3.05, 3.63) is 59.3 Å². The number of benzene rings is 1. The van der Waals surface area contributed by atoms with Crippen molar-refractivity contribution in [2.24, 2.45) is 5.92 Å². The third-order valence-corrected chi connectivity index (χ3v) is 4.53. The maximum Gasteiger partial charge on any atom is 0.338 e. The number of pyridine rings is 1. The fourth-order valence-electron chi connectivity index (χ4n) is 3.22. The molecule has 0 aliphatic carbocycles. The van der Waals surface area contributed by atoms with E-state index in [9.17, 15) is 19.2 Å². The zero-order valence-corrected chi connectivity index (χ0v) is 16.3. The molecule has 3 amide bonds. The normalized spacial score (nSPS) is 14.0. The molecule has 1 N–H and O–H groups in total. The molecule has 0 radical (unpaired) electrons. The molecule has 8 heteroatoms. The molecule has 3 rings (SSSR count). The van der Waals surface area contributed by atoms with Gasteiger partial charge < -0.3 is 10.1 Å². The van der Waals surface area contributed by atoms with E-state index < -0.39 is 29.7 Å². The van der Waals surface area contributed by atoms with Crippen molar-refractivity contribution >= 4 is 29.5 Å². The molecule has 0 saturated carbocycles. The van der Waals surface area contributed by atoms with Gasteiger partial charge in [-0.3, -0.25) is 19.3 Å². The number of fused-ring (bicyclic) bond motifs is 1. The second-order valence-electron chi connectivity index (χ2n) is 6.85. The van der Waals surface area contributed by atoms with Crippen LogP contribution >= 0.6 is 0 Å². The Hall–Kier alpha value is -3.55. The molecule has 1 aromatic carbocycles. The third-order valence-electron chi connectivity index (χ3n) is 4.53. The first-order chi connectivity index (χ1) is 13.8. The van der Waals surface area contributed by atoms with Gasteiger partial charge in [0.05, 0.1) is 23.3 Å². The number of imide groups is 1. The van der Waals surface area contributed by atoms with E-state index in [1.807, 2.05) is 0 Å². The molecule has 8 nitrogen and oxygen atoms in total. The Balaban J connectivity index is 1.85. The summed E-state index contributed by atoms with van der Waals surface area (Å²) in [6.45, 7) is 5.40. The Bertz CT molecular complexity index is 951. The van der Waals surface area contributed by atoms with Crippen molar-refractivity contribution < 1.29 is 23.9 Å². The standard InChI is InChI=1S/C21H21N3O5/c1-4-29-21(28)13-9-10-22-16(11-13)23-18(25)17(12(2)3)24-19(26)14-7-5-6-8-15(14)20(24)27/h5-12,17H,4H2,1-3H3,(H,22,23,25). The summed E-state index contributed by atoms with van der Waals surface area (Å²) in [6, 6.07) is 8.29. The Morgan fingerprint density at radius 2 is 1.72 bits per heavy atom. The van der Waals surface area contributed by atoms with Gasteiger partial charge in [-0.2, -0.15) is 0 Å². The topological polar surface area (TPSA) is 106 Å². The van der Waals surface area contributed by atoms with Crippen LogP contribution < -0.4 is 5.32 Å². The lowest BCUT2D eigenvalue weighted by Gasteiger charge is -2.28. The molecule has 1 unspecified atom stereocenters. The van der Waals surface area contributed by atoms with E-state index in [1.54, 1.807) is 45.0 Å². The average Bonchev–Trinajstić information content (AvgIpc) is 2.94. The van der Waals surface area contributed by atoms with Gasteiger partial charge in [0.15, 0.2) is 0 Å². The Morgan fingerprint density at radius 1 is 1.10 bits per heavy atom. The Morgan fingerprint density at radius 3 is 2.28 bits per heavy atom. The van der Waals surface area contributed by atoms with Crippen molar-refractivity contribution in [1.82, 2.24) is 9.88 Å². The molecule has 1 atom stereocenters. The highest BCUT2D eigenvalue weighted by atomic mass is 16.5. The highest BCUT2D eigenvalue weighted by Gasteiger charge is 2.43. The van der Waals surface area contributed by atoms with Crippen LogP contribution in [0.25, 0.3) is 0 Å². The number of amides is 3. The molecule has 0 saturated heterocycles. The molecule has 29 heavy (non-hydrogen) atoms. The molecule has 1 aromatic heterocycles. The molecule has 1 aliphatic rings. The summed E-state index contributed by atoms with van der Waals surface area (Å²) in [5.41, 5.74) is 0.788. The largest absolute Gasteiger partial charge is 0.462 e. The molecular weight excluding hydrogens is 374 g/mol. The highest BCUT2D eigenvalue weighted by molar-refractivity contribution is 6.23. The molecule has 0 fully saturated rings. The predicted molar refractivity (Wildman–Crippen MR) is 104 cm³/mol. The van der Waals surface area contributed by atoms with Crippen LogP contribution in [0.4, 0.5) is 5.82 Å². The van der Waals surface area contributed by atoms with Gasteiger partial charge in [0, 0.05) is 6.20 Å². The zero-order valence-electron chi connectivity index (χ0n) is 16.3. The fourth-order valence-corrected chi connectivity index (χ4v) is 3.22. The van der Waals surface area contributed by atoms with Crippen LogP contribution in [0.15, 0.2) is 42.6 Å². The highest BCUT2D eigenvalue weighted by Crippen LogP contribution is 2.27. The summed E-state index contributed by atoms with van der Waals surface area (Å²) in [5, 5.41) is 2.60. The molecule has 2 aromatic rings. The summed E-state index contributed by atoms with van der Waals surface area (Å²) in [5.74, 6) is -2.33. The summed E-state index contributed by atoms with van der Waals surface area (Å²) >= 11 is 0. The van der Waals surface area contributed by atoms with E-state index in [0.717, 1.165) is 4.90 Å². The number of hydrogen-bond donors (Lipinski definition) is 1. The summed E-state index contributed by atoms with van der Waals surface area (Å²) in [7, 11) is 0. The van der Waals surface area contributed by atoms with E-state index >= 15 is 0 Å². The fraction of sp³-hybridized carbons (Fsp3) is 0.286. The number of nitrogens with zero attached hydrogens (tertiary/aromatic N) is 2. The summed E-state index contributed by atoms with van der Waals surface area (Å²) in [6.07, 6.45) is 1.37. The van der Waals surface area contributed by atoms with Crippen LogP contribution in [-0.2, 0) is 9.53 Å². The maximum absolute atomic E-state index is 13.0. The molecule has 1 aliphatic heterocycles. The van der Waals surface area contributed by atoms with Gasteiger partial charge in [-0.25, -0.2) is 9.78 Å². The number of anilines is 1. The quantitative estimate of drug-likeness (QED) is 0.595. The summed E-state index contributed by atoms with van der Waals surface area (Å²) in [4.78, 5) is 55.4. The van der Waals surface area contributed by atoms with Crippen molar-refractivity contribution in [2.75, 3.05) is 11.9 Å².